The fourth-order valence-electron chi connectivity index (χ4n) is 2.99. The molecule has 1 saturated heterocycles. The van der Waals surface area contributed by atoms with Gasteiger partial charge in [-0.15, -0.1) is 0 Å². The first-order chi connectivity index (χ1) is 11.4. The van der Waals surface area contributed by atoms with Crippen LogP contribution < -0.4 is 5.32 Å². The van der Waals surface area contributed by atoms with Gasteiger partial charge in [-0.3, -0.25) is 9.59 Å². The Morgan fingerprint density at radius 1 is 1.38 bits per heavy atom. The minimum Gasteiger partial charge on any atom is -0.469 e. The van der Waals surface area contributed by atoms with E-state index in [-0.39, 0.29) is 29.7 Å². The molecule has 0 radical (unpaired) electrons. The van der Waals surface area contributed by atoms with E-state index in [0.717, 1.165) is 5.69 Å². The van der Waals surface area contributed by atoms with Crippen LogP contribution in [0.1, 0.15) is 31.7 Å². The van der Waals surface area contributed by atoms with Gasteiger partial charge in [0.1, 0.15) is 5.82 Å². The van der Waals surface area contributed by atoms with Crippen LogP contribution in [0.15, 0.2) is 18.2 Å². The molecule has 1 fully saturated rings. The summed E-state index contributed by atoms with van der Waals surface area (Å²) in [6, 6.07) is 4.77. The number of likely N-dealkylation sites (tertiary alicyclic amines) is 1. The van der Waals surface area contributed by atoms with Crippen molar-refractivity contribution < 1.29 is 18.7 Å². The number of hydrogen-bond acceptors (Lipinski definition) is 4. The molecule has 0 aliphatic carbocycles. The molecule has 1 atom stereocenters. The lowest BCUT2D eigenvalue weighted by Crippen LogP contribution is -2.42. The highest BCUT2D eigenvalue weighted by Crippen LogP contribution is 2.20. The zero-order valence-electron chi connectivity index (χ0n) is 14.5. The zero-order chi connectivity index (χ0) is 17.7. The molecular weight excluding hydrogens is 311 g/mol. The van der Waals surface area contributed by atoms with E-state index >= 15 is 0 Å². The first-order valence-corrected chi connectivity index (χ1v) is 8.29. The van der Waals surface area contributed by atoms with Gasteiger partial charge < -0.3 is 15.0 Å². The second-order valence-corrected chi connectivity index (χ2v) is 6.39. The molecule has 0 bridgehead atoms. The van der Waals surface area contributed by atoms with Gasteiger partial charge in [0, 0.05) is 31.2 Å². The number of nitrogens with zero attached hydrogens (tertiary/aromatic N) is 1. The van der Waals surface area contributed by atoms with Crippen LogP contribution in [0.5, 0.6) is 0 Å². The third kappa shape index (κ3) is 4.69. The Hall–Kier alpha value is -2.11. The van der Waals surface area contributed by atoms with Crippen LogP contribution in [0.3, 0.4) is 0 Å². The summed E-state index contributed by atoms with van der Waals surface area (Å²) in [5.41, 5.74) is 1.38. The quantitative estimate of drug-likeness (QED) is 0.840. The third-order valence-corrected chi connectivity index (χ3v) is 4.43. The standard InChI is InChI=1S/C18H25FN2O3/c1-12-10-15(4-5-16(12)19)20-13(2)11-17(22)21-8-6-14(7-9-21)18(23)24-3/h4-5,10,13-14,20H,6-9,11H2,1-3H3/t13-/m1/s1. The van der Waals surface area contributed by atoms with Crippen LogP contribution in [-0.2, 0) is 14.3 Å². The smallest absolute Gasteiger partial charge is 0.308 e. The lowest BCUT2D eigenvalue weighted by atomic mass is 9.96. The minimum absolute atomic E-state index is 0.0549. The number of halogens is 1. The Labute approximate surface area is 142 Å². The maximum absolute atomic E-state index is 13.3. The first-order valence-electron chi connectivity index (χ1n) is 8.29. The molecule has 6 heteroatoms. The third-order valence-electron chi connectivity index (χ3n) is 4.43. The van der Waals surface area contributed by atoms with Crippen molar-refractivity contribution in [3.8, 4) is 0 Å². The van der Waals surface area contributed by atoms with Crippen molar-refractivity contribution in [3.05, 3.63) is 29.6 Å². The fourth-order valence-corrected chi connectivity index (χ4v) is 2.99. The van der Waals surface area contributed by atoms with E-state index < -0.39 is 0 Å². The molecule has 1 aromatic carbocycles. The van der Waals surface area contributed by atoms with Gasteiger partial charge in [0.25, 0.3) is 0 Å². The summed E-state index contributed by atoms with van der Waals surface area (Å²) in [5.74, 6) is -0.462. The van der Waals surface area contributed by atoms with E-state index in [1.807, 2.05) is 6.92 Å². The number of methoxy groups -OCH3 is 1. The van der Waals surface area contributed by atoms with E-state index in [0.29, 0.717) is 37.9 Å². The number of hydrogen-bond donors (Lipinski definition) is 1. The van der Waals surface area contributed by atoms with Crippen LogP contribution in [0.4, 0.5) is 10.1 Å². The Morgan fingerprint density at radius 3 is 2.62 bits per heavy atom. The van der Waals surface area contributed by atoms with Gasteiger partial charge in [0.2, 0.25) is 5.91 Å². The molecule has 0 unspecified atom stereocenters. The van der Waals surface area contributed by atoms with Gasteiger partial charge >= 0.3 is 5.97 Å². The Balaban J connectivity index is 1.81. The number of rotatable bonds is 5. The van der Waals surface area contributed by atoms with E-state index in [2.05, 4.69) is 5.32 Å². The summed E-state index contributed by atoms with van der Waals surface area (Å²) in [7, 11) is 1.39. The summed E-state index contributed by atoms with van der Waals surface area (Å²) in [6.45, 7) is 4.81. The molecule has 0 aromatic heterocycles. The van der Waals surface area contributed by atoms with Gasteiger partial charge in [-0.05, 0) is 50.5 Å². The van der Waals surface area contributed by atoms with Gasteiger partial charge in [0.15, 0.2) is 0 Å². The molecule has 132 valence electrons. The number of anilines is 1. The highest BCUT2D eigenvalue weighted by Gasteiger charge is 2.28. The molecule has 0 saturated carbocycles. The van der Waals surface area contributed by atoms with Crippen molar-refractivity contribution in [2.24, 2.45) is 5.92 Å². The van der Waals surface area contributed by atoms with Crippen LogP contribution >= 0.6 is 0 Å². The number of esters is 1. The summed E-state index contributed by atoms with van der Waals surface area (Å²) in [6.07, 6.45) is 1.66. The number of nitrogens with one attached hydrogen (secondary N) is 1. The molecule has 1 heterocycles. The van der Waals surface area contributed by atoms with E-state index in [9.17, 15) is 14.0 Å². The van der Waals surface area contributed by atoms with Gasteiger partial charge in [-0.2, -0.15) is 0 Å². The number of amides is 1. The lowest BCUT2D eigenvalue weighted by molar-refractivity contribution is -0.148. The van der Waals surface area contributed by atoms with Crippen molar-refractivity contribution in [2.45, 2.75) is 39.2 Å². The minimum atomic E-state index is -0.238. The lowest BCUT2D eigenvalue weighted by Gasteiger charge is -2.31. The molecule has 24 heavy (non-hydrogen) atoms. The number of carbonyl (C=O) groups is 2. The van der Waals surface area contributed by atoms with Crippen LogP contribution in [-0.4, -0.2) is 43.0 Å². The molecule has 0 spiro atoms. The molecular formula is C18H25FN2O3. The SMILES string of the molecule is COC(=O)C1CCN(C(=O)C[C@@H](C)Nc2ccc(F)c(C)c2)CC1. The van der Waals surface area contributed by atoms with Gasteiger partial charge in [-0.1, -0.05) is 0 Å². The van der Waals surface area contributed by atoms with E-state index in [4.69, 9.17) is 4.74 Å². The zero-order valence-corrected chi connectivity index (χ0v) is 14.5. The molecule has 1 aromatic rings. The van der Waals surface area contributed by atoms with E-state index in [1.165, 1.54) is 13.2 Å². The van der Waals surface area contributed by atoms with Gasteiger partial charge in [0.05, 0.1) is 13.0 Å². The average Bonchev–Trinajstić information content (AvgIpc) is 2.57. The maximum Gasteiger partial charge on any atom is 0.308 e. The predicted octanol–water partition coefficient (Wildman–Crippen LogP) is 2.74. The molecule has 1 N–H and O–H groups in total. The van der Waals surface area contributed by atoms with E-state index in [1.54, 1.807) is 24.0 Å². The highest BCUT2D eigenvalue weighted by molar-refractivity contribution is 5.78. The number of carbonyl (C=O) groups excluding carboxylic acids is 2. The van der Waals surface area contributed by atoms with Crippen molar-refractivity contribution in [1.29, 1.82) is 0 Å². The first kappa shape index (κ1) is 18.2. The van der Waals surface area contributed by atoms with Crippen LogP contribution in [0.2, 0.25) is 0 Å². The number of aryl methyl sites for hydroxylation is 1. The molecule has 2 rings (SSSR count). The topological polar surface area (TPSA) is 58.6 Å². The van der Waals surface area contributed by atoms with Gasteiger partial charge in [-0.25, -0.2) is 4.39 Å². The van der Waals surface area contributed by atoms with Crippen molar-refractivity contribution in [2.75, 3.05) is 25.5 Å². The fraction of sp³-hybridized carbons (Fsp3) is 0.556. The normalized spacial score (nSPS) is 16.6. The highest BCUT2D eigenvalue weighted by atomic mass is 19.1. The monoisotopic (exact) mass is 336 g/mol. The Kier molecular flexibility index (Phi) is 6.17. The van der Waals surface area contributed by atoms with Crippen molar-refractivity contribution >= 4 is 17.6 Å². The van der Waals surface area contributed by atoms with Crippen molar-refractivity contribution in [3.63, 3.8) is 0 Å². The second kappa shape index (κ2) is 8.13. The van der Waals surface area contributed by atoms with Crippen LogP contribution in [0, 0.1) is 18.7 Å². The van der Waals surface area contributed by atoms with Crippen molar-refractivity contribution in [1.82, 2.24) is 4.90 Å². The summed E-state index contributed by atoms with van der Waals surface area (Å²) < 4.78 is 18.0. The maximum atomic E-state index is 13.3. The molecule has 5 nitrogen and oxygen atoms in total. The summed E-state index contributed by atoms with van der Waals surface area (Å²) in [5, 5.41) is 3.23. The Bertz CT molecular complexity index is 598. The summed E-state index contributed by atoms with van der Waals surface area (Å²) in [4.78, 5) is 25.7. The number of ether oxygens (including phenoxy) is 1. The molecule has 1 aliphatic heterocycles. The Morgan fingerprint density at radius 2 is 2.04 bits per heavy atom. The largest absolute Gasteiger partial charge is 0.469 e. The summed E-state index contributed by atoms with van der Waals surface area (Å²) >= 11 is 0. The average molecular weight is 336 g/mol. The number of benzene rings is 1. The second-order valence-electron chi connectivity index (χ2n) is 6.39. The molecule has 1 amide bonds. The predicted molar refractivity (Wildman–Crippen MR) is 90.2 cm³/mol. The number of piperidine rings is 1. The molecule has 1 aliphatic rings. The van der Waals surface area contributed by atoms with Crippen LogP contribution in [0.25, 0.3) is 0 Å².